The Morgan fingerprint density at radius 2 is 2.04 bits per heavy atom. The molecule has 1 N–H and O–H groups in total. The van der Waals surface area contributed by atoms with Gasteiger partial charge in [0.2, 0.25) is 0 Å². The zero-order valence-electron chi connectivity index (χ0n) is 13.1. The number of hydrogen-bond donors (Lipinski definition) is 1. The van der Waals surface area contributed by atoms with Gasteiger partial charge in [-0.05, 0) is 35.9 Å². The normalized spacial score (nSPS) is 10.4. The number of aromatic nitrogens is 2. The fourth-order valence-electron chi connectivity index (χ4n) is 2.20. The zero-order chi connectivity index (χ0) is 16.9. The molecule has 1 heterocycles. The van der Waals surface area contributed by atoms with Crippen LogP contribution >= 0.6 is 11.6 Å². The number of amides is 1. The molecule has 0 saturated heterocycles. The quantitative estimate of drug-likeness (QED) is 0.765. The summed E-state index contributed by atoms with van der Waals surface area (Å²) in [5, 5.41) is 7.51. The monoisotopic (exact) mass is 341 g/mol. The molecule has 5 nitrogen and oxygen atoms in total. The molecule has 2 aromatic carbocycles. The summed E-state index contributed by atoms with van der Waals surface area (Å²) < 4.78 is 7.33. The lowest BCUT2D eigenvalue weighted by molar-refractivity contribution is 0.102. The number of nitrogens with zero attached hydrogens (tertiary/aromatic N) is 2. The minimum absolute atomic E-state index is 0.210. The van der Waals surface area contributed by atoms with Crippen molar-refractivity contribution in [3.8, 4) is 5.75 Å². The molecule has 0 bridgehead atoms. The summed E-state index contributed by atoms with van der Waals surface area (Å²) in [5.41, 5.74) is 1.44. The van der Waals surface area contributed by atoms with Crippen molar-refractivity contribution in [3.05, 3.63) is 76.9 Å². The van der Waals surface area contributed by atoms with Crippen LogP contribution in [0.2, 0.25) is 5.02 Å². The Kier molecular flexibility index (Phi) is 4.82. The Labute approximate surface area is 144 Å². The summed E-state index contributed by atoms with van der Waals surface area (Å²) in [5.74, 6) is 0.993. The van der Waals surface area contributed by atoms with Gasteiger partial charge in [0.1, 0.15) is 12.4 Å². The number of carbonyl (C=O) groups excluding carboxylic acids is 1. The van der Waals surface area contributed by atoms with Crippen molar-refractivity contribution >= 4 is 23.3 Å². The van der Waals surface area contributed by atoms with Gasteiger partial charge in [-0.3, -0.25) is 9.48 Å². The standard InChI is InChI=1S/C18H16ClN3O2/c1-22-9-8-17(21-22)20-18(23)14-5-2-4-13(10-14)12-24-16-7-3-6-15(19)11-16/h2-11H,12H2,1H3,(H,20,21,23). The van der Waals surface area contributed by atoms with Crippen LogP contribution in [0.5, 0.6) is 5.75 Å². The highest BCUT2D eigenvalue weighted by Crippen LogP contribution is 2.18. The summed E-state index contributed by atoms with van der Waals surface area (Å²) in [6.07, 6.45) is 1.77. The van der Waals surface area contributed by atoms with Crippen molar-refractivity contribution in [2.45, 2.75) is 6.61 Å². The van der Waals surface area contributed by atoms with E-state index in [4.69, 9.17) is 16.3 Å². The number of anilines is 1. The van der Waals surface area contributed by atoms with Crippen molar-refractivity contribution in [3.63, 3.8) is 0 Å². The topological polar surface area (TPSA) is 56.2 Å². The SMILES string of the molecule is Cn1ccc(NC(=O)c2cccc(COc3cccc(Cl)c3)c2)n1. The molecule has 1 aromatic heterocycles. The second-order valence-corrected chi connectivity index (χ2v) is 5.71. The molecule has 0 spiro atoms. The number of rotatable bonds is 5. The number of halogens is 1. The summed E-state index contributed by atoms with van der Waals surface area (Å²) in [4.78, 5) is 12.3. The minimum atomic E-state index is -0.210. The highest BCUT2D eigenvalue weighted by Gasteiger charge is 2.08. The van der Waals surface area contributed by atoms with E-state index in [9.17, 15) is 4.79 Å². The Morgan fingerprint density at radius 1 is 1.21 bits per heavy atom. The molecule has 6 heteroatoms. The molecular weight excluding hydrogens is 326 g/mol. The number of aryl methyl sites for hydroxylation is 1. The lowest BCUT2D eigenvalue weighted by Gasteiger charge is -2.08. The molecule has 0 fully saturated rings. The van der Waals surface area contributed by atoms with Crippen LogP contribution in [0, 0.1) is 0 Å². The largest absolute Gasteiger partial charge is 0.489 e. The van der Waals surface area contributed by atoms with E-state index >= 15 is 0 Å². The third kappa shape index (κ3) is 4.14. The van der Waals surface area contributed by atoms with Gasteiger partial charge in [-0.25, -0.2) is 0 Å². The van der Waals surface area contributed by atoms with Crippen molar-refractivity contribution < 1.29 is 9.53 Å². The minimum Gasteiger partial charge on any atom is -0.489 e. The molecule has 0 aliphatic carbocycles. The molecule has 0 aliphatic rings. The van der Waals surface area contributed by atoms with Gasteiger partial charge in [-0.15, -0.1) is 0 Å². The van der Waals surface area contributed by atoms with Crippen molar-refractivity contribution in [1.82, 2.24) is 9.78 Å². The van der Waals surface area contributed by atoms with Crippen LogP contribution in [0.15, 0.2) is 60.8 Å². The maximum Gasteiger partial charge on any atom is 0.256 e. The number of hydrogen-bond acceptors (Lipinski definition) is 3. The summed E-state index contributed by atoms with van der Waals surface area (Å²) in [6, 6.07) is 16.2. The van der Waals surface area contributed by atoms with Gasteiger partial charge >= 0.3 is 0 Å². The number of ether oxygens (including phenoxy) is 1. The smallest absolute Gasteiger partial charge is 0.256 e. The molecule has 0 saturated carbocycles. The van der Waals surface area contributed by atoms with E-state index in [0.717, 1.165) is 5.56 Å². The van der Waals surface area contributed by atoms with Gasteiger partial charge in [0, 0.05) is 29.9 Å². The first-order valence-corrected chi connectivity index (χ1v) is 7.76. The first-order valence-electron chi connectivity index (χ1n) is 7.38. The van der Waals surface area contributed by atoms with E-state index in [0.29, 0.717) is 28.8 Å². The molecule has 0 atom stereocenters. The van der Waals surface area contributed by atoms with Crippen LogP contribution in [0.4, 0.5) is 5.82 Å². The van der Waals surface area contributed by atoms with E-state index < -0.39 is 0 Å². The highest BCUT2D eigenvalue weighted by atomic mass is 35.5. The van der Waals surface area contributed by atoms with Crippen molar-refractivity contribution in [2.24, 2.45) is 7.05 Å². The van der Waals surface area contributed by atoms with Crippen molar-refractivity contribution in [1.29, 1.82) is 0 Å². The fraction of sp³-hybridized carbons (Fsp3) is 0.111. The lowest BCUT2D eigenvalue weighted by atomic mass is 10.1. The van der Waals surface area contributed by atoms with E-state index in [2.05, 4.69) is 10.4 Å². The highest BCUT2D eigenvalue weighted by molar-refractivity contribution is 6.30. The molecule has 0 aliphatic heterocycles. The van der Waals surface area contributed by atoms with Crippen LogP contribution in [-0.2, 0) is 13.7 Å². The van der Waals surface area contributed by atoms with E-state index in [1.54, 1.807) is 48.3 Å². The Bertz CT molecular complexity index is 861. The lowest BCUT2D eigenvalue weighted by Crippen LogP contribution is -2.13. The van der Waals surface area contributed by atoms with Crippen molar-refractivity contribution in [2.75, 3.05) is 5.32 Å². The average Bonchev–Trinajstić information content (AvgIpc) is 2.98. The van der Waals surface area contributed by atoms with Crippen LogP contribution in [0.3, 0.4) is 0 Å². The molecule has 0 unspecified atom stereocenters. The summed E-state index contributed by atoms with van der Waals surface area (Å²) in [6.45, 7) is 0.352. The molecular formula is C18H16ClN3O2. The first kappa shape index (κ1) is 16.1. The predicted molar refractivity (Wildman–Crippen MR) is 93.4 cm³/mol. The predicted octanol–water partition coefficient (Wildman–Crippen LogP) is 3.90. The molecule has 3 aromatic rings. The molecule has 1 amide bonds. The number of carbonyl (C=O) groups is 1. The van der Waals surface area contributed by atoms with Crippen LogP contribution in [-0.4, -0.2) is 15.7 Å². The van der Waals surface area contributed by atoms with Gasteiger partial charge in [-0.2, -0.15) is 5.10 Å². The van der Waals surface area contributed by atoms with Crippen LogP contribution in [0.1, 0.15) is 15.9 Å². The molecule has 3 rings (SSSR count). The van der Waals surface area contributed by atoms with Gasteiger partial charge in [0.15, 0.2) is 5.82 Å². The van der Waals surface area contributed by atoms with E-state index in [1.807, 2.05) is 24.3 Å². The summed E-state index contributed by atoms with van der Waals surface area (Å²) in [7, 11) is 1.80. The van der Waals surface area contributed by atoms with Gasteiger partial charge in [0.25, 0.3) is 5.91 Å². The Balaban J connectivity index is 1.66. The average molecular weight is 342 g/mol. The third-order valence-electron chi connectivity index (χ3n) is 3.35. The Hall–Kier alpha value is -2.79. The zero-order valence-corrected chi connectivity index (χ0v) is 13.8. The first-order chi connectivity index (χ1) is 11.6. The number of benzene rings is 2. The molecule has 24 heavy (non-hydrogen) atoms. The van der Waals surface area contributed by atoms with Crippen LogP contribution in [0.25, 0.3) is 0 Å². The van der Waals surface area contributed by atoms with Gasteiger partial charge in [-0.1, -0.05) is 29.8 Å². The molecule has 122 valence electrons. The molecule has 0 radical (unpaired) electrons. The second kappa shape index (κ2) is 7.19. The maximum absolute atomic E-state index is 12.3. The second-order valence-electron chi connectivity index (χ2n) is 5.28. The van der Waals surface area contributed by atoms with Crippen LogP contribution < -0.4 is 10.1 Å². The van der Waals surface area contributed by atoms with E-state index in [1.165, 1.54) is 0 Å². The number of nitrogens with one attached hydrogen (secondary N) is 1. The van der Waals surface area contributed by atoms with E-state index in [-0.39, 0.29) is 5.91 Å². The van der Waals surface area contributed by atoms with Gasteiger partial charge < -0.3 is 10.1 Å². The van der Waals surface area contributed by atoms with Gasteiger partial charge in [0.05, 0.1) is 0 Å². The fourth-order valence-corrected chi connectivity index (χ4v) is 2.38. The Morgan fingerprint density at radius 3 is 2.79 bits per heavy atom. The summed E-state index contributed by atoms with van der Waals surface area (Å²) >= 11 is 5.93. The third-order valence-corrected chi connectivity index (χ3v) is 3.58. The maximum atomic E-state index is 12.3.